The molecule has 0 unspecified atom stereocenters. The van der Waals surface area contributed by atoms with Crippen molar-refractivity contribution in [2.75, 3.05) is 5.88 Å². The van der Waals surface area contributed by atoms with Gasteiger partial charge in [-0.05, 0) is 34.7 Å². The molecule has 18 heavy (non-hydrogen) atoms. The molecule has 0 atom stereocenters. The molecule has 0 radical (unpaired) electrons. The highest BCUT2D eigenvalue weighted by molar-refractivity contribution is 14.1. The molecule has 96 valence electrons. The van der Waals surface area contributed by atoms with Crippen LogP contribution in [-0.4, -0.2) is 11.7 Å². The van der Waals surface area contributed by atoms with Crippen molar-refractivity contribution in [2.45, 2.75) is 6.18 Å². The second kappa shape index (κ2) is 5.75. The Balaban J connectivity index is 3.44. The van der Waals surface area contributed by atoms with E-state index in [9.17, 15) is 13.2 Å². The van der Waals surface area contributed by atoms with Crippen LogP contribution in [0.5, 0.6) is 0 Å². The standard InChI is InChI=1S/C10H6ClF3IN3/c11-3-8(17)18-9-5(4-16)1-6(2-7(9)15)10(12,13)14/h1-2H,3H2,(H2,17,18). The second-order valence-electron chi connectivity index (χ2n) is 3.20. The van der Waals surface area contributed by atoms with Crippen molar-refractivity contribution in [1.29, 1.82) is 5.26 Å². The van der Waals surface area contributed by atoms with Crippen molar-refractivity contribution in [3.05, 3.63) is 26.8 Å². The van der Waals surface area contributed by atoms with E-state index in [-0.39, 0.29) is 26.5 Å². The quantitative estimate of drug-likeness (QED) is 0.366. The van der Waals surface area contributed by atoms with Gasteiger partial charge in [-0.25, -0.2) is 4.99 Å². The van der Waals surface area contributed by atoms with E-state index in [1.54, 1.807) is 28.7 Å². The van der Waals surface area contributed by atoms with Gasteiger partial charge < -0.3 is 5.73 Å². The Morgan fingerprint density at radius 1 is 1.50 bits per heavy atom. The monoisotopic (exact) mass is 387 g/mol. The average Bonchev–Trinajstić information content (AvgIpc) is 2.29. The predicted octanol–water partition coefficient (Wildman–Crippen LogP) is 3.41. The number of nitrogens with zero attached hydrogens (tertiary/aromatic N) is 2. The highest BCUT2D eigenvalue weighted by Gasteiger charge is 2.32. The SMILES string of the molecule is N#Cc1cc(C(F)(F)F)cc(I)c1N=C(N)CCl. The van der Waals surface area contributed by atoms with Gasteiger partial charge in [-0.2, -0.15) is 18.4 Å². The molecule has 0 bridgehead atoms. The topological polar surface area (TPSA) is 62.2 Å². The molecule has 0 saturated carbocycles. The number of amidine groups is 1. The van der Waals surface area contributed by atoms with Gasteiger partial charge in [0.2, 0.25) is 0 Å². The minimum absolute atomic E-state index is 0.0332. The summed E-state index contributed by atoms with van der Waals surface area (Å²) >= 11 is 7.10. The summed E-state index contributed by atoms with van der Waals surface area (Å²) < 4.78 is 37.8. The largest absolute Gasteiger partial charge is 0.416 e. The van der Waals surface area contributed by atoms with Gasteiger partial charge in [0.25, 0.3) is 0 Å². The lowest BCUT2D eigenvalue weighted by Crippen LogP contribution is -2.13. The van der Waals surface area contributed by atoms with Crippen molar-refractivity contribution in [3.8, 4) is 6.07 Å². The third-order valence-electron chi connectivity index (χ3n) is 1.90. The molecule has 0 aliphatic rings. The molecule has 0 saturated heterocycles. The number of nitriles is 1. The number of alkyl halides is 4. The maximum atomic E-state index is 12.6. The first-order valence-corrected chi connectivity index (χ1v) is 6.10. The molecule has 1 aromatic carbocycles. The van der Waals surface area contributed by atoms with Crippen LogP contribution in [0.1, 0.15) is 11.1 Å². The van der Waals surface area contributed by atoms with Gasteiger partial charge in [0.1, 0.15) is 11.9 Å². The number of rotatable bonds is 2. The molecule has 8 heteroatoms. The molecular formula is C10H6ClF3IN3. The lowest BCUT2D eigenvalue weighted by Gasteiger charge is -2.10. The number of benzene rings is 1. The Hall–Kier alpha value is -1.01. The van der Waals surface area contributed by atoms with E-state index in [4.69, 9.17) is 22.6 Å². The van der Waals surface area contributed by atoms with Crippen LogP contribution in [-0.2, 0) is 6.18 Å². The molecule has 0 aliphatic heterocycles. The van der Waals surface area contributed by atoms with Crippen LogP contribution in [0.25, 0.3) is 0 Å². The minimum atomic E-state index is -4.51. The Bertz CT molecular complexity index is 534. The number of nitrogens with two attached hydrogens (primary N) is 1. The first kappa shape index (κ1) is 15.0. The summed E-state index contributed by atoms with van der Waals surface area (Å²) in [6, 6.07) is 3.31. The van der Waals surface area contributed by atoms with E-state index < -0.39 is 11.7 Å². The Morgan fingerprint density at radius 2 is 2.11 bits per heavy atom. The summed E-state index contributed by atoms with van der Waals surface area (Å²) in [7, 11) is 0. The number of hydrogen-bond acceptors (Lipinski definition) is 2. The van der Waals surface area contributed by atoms with Crippen LogP contribution in [0.2, 0.25) is 0 Å². The predicted molar refractivity (Wildman–Crippen MR) is 70.9 cm³/mol. The maximum Gasteiger partial charge on any atom is 0.416 e. The van der Waals surface area contributed by atoms with Crippen LogP contribution in [0.3, 0.4) is 0 Å². The van der Waals surface area contributed by atoms with Gasteiger partial charge in [-0.3, -0.25) is 0 Å². The third-order valence-corrected chi connectivity index (χ3v) is 3.00. The van der Waals surface area contributed by atoms with Crippen molar-refractivity contribution in [2.24, 2.45) is 10.7 Å². The van der Waals surface area contributed by atoms with Crippen LogP contribution < -0.4 is 5.73 Å². The van der Waals surface area contributed by atoms with Crippen molar-refractivity contribution in [3.63, 3.8) is 0 Å². The molecule has 0 fully saturated rings. The van der Waals surface area contributed by atoms with Gasteiger partial charge in [0, 0.05) is 3.57 Å². The fraction of sp³-hybridized carbons (Fsp3) is 0.200. The van der Waals surface area contributed by atoms with Gasteiger partial charge in [-0.15, -0.1) is 11.6 Å². The molecule has 0 amide bonds. The van der Waals surface area contributed by atoms with E-state index in [1.807, 2.05) is 0 Å². The van der Waals surface area contributed by atoms with Crippen LogP contribution in [0, 0.1) is 14.9 Å². The fourth-order valence-corrected chi connectivity index (χ4v) is 1.94. The zero-order valence-electron chi connectivity index (χ0n) is 8.72. The van der Waals surface area contributed by atoms with E-state index >= 15 is 0 Å². The normalized spacial score (nSPS) is 12.3. The lowest BCUT2D eigenvalue weighted by atomic mass is 10.1. The molecule has 0 heterocycles. The van der Waals surface area contributed by atoms with Crippen molar-refractivity contribution in [1.82, 2.24) is 0 Å². The minimum Gasteiger partial charge on any atom is -0.386 e. The summed E-state index contributed by atoms with van der Waals surface area (Å²) in [6.07, 6.45) is -4.51. The number of aliphatic imine (C=N–C) groups is 1. The average molecular weight is 388 g/mol. The highest BCUT2D eigenvalue weighted by atomic mass is 127. The number of halogens is 5. The lowest BCUT2D eigenvalue weighted by molar-refractivity contribution is -0.137. The molecule has 0 spiro atoms. The van der Waals surface area contributed by atoms with E-state index in [2.05, 4.69) is 4.99 Å². The Morgan fingerprint density at radius 3 is 2.56 bits per heavy atom. The van der Waals surface area contributed by atoms with Gasteiger partial charge >= 0.3 is 6.18 Å². The van der Waals surface area contributed by atoms with E-state index in [0.29, 0.717) is 0 Å². The third kappa shape index (κ3) is 3.49. The van der Waals surface area contributed by atoms with Gasteiger partial charge in [0.05, 0.1) is 22.7 Å². The first-order valence-electron chi connectivity index (χ1n) is 4.49. The summed E-state index contributed by atoms with van der Waals surface area (Å²) in [5.41, 5.74) is 4.42. The van der Waals surface area contributed by atoms with Gasteiger partial charge in [0.15, 0.2) is 0 Å². The Kier molecular flexibility index (Phi) is 4.81. The Labute approximate surface area is 120 Å². The van der Waals surface area contributed by atoms with Crippen LogP contribution in [0.15, 0.2) is 17.1 Å². The molecule has 1 rings (SSSR count). The molecule has 3 nitrogen and oxygen atoms in total. The van der Waals surface area contributed by atoms with Crippen molar-refractivity contribution < 1.29 is 13.2 Å². The molecule has 1 aromatic rings. The zero-order chi connectivity index (χ0) is 13.9. The summed E-state index contributed by atoms with van der Waals surface area (Å²) in [6.45, 7) is 0. The second-order valence-corrected chi connectivity index (χ2v) is 4.63. The fourth-order valence-electron chi connectivity index (χ4n) is 1.14. The van der Waals surface area contributed by atoms with E-state index in [0.717, 1.165) is 12.1 Å². The summed E-state index contributed by atoms with van der Waals surface area (Å²) in [5, 5.41) is 8.85. The first-order chi connectivity index (χ1) is 8.29. The van der Waals surface area contributed by atoms with Gasteiger partial charge in [-0.1, -0.05) is 0 Å². The van der Waals surface area contributed by atoms with Crippen molar-refractivity contribution >= 4 is 45.7 Å². The smallest absolute Gasteiger partial charge is 0.386 e. The van der Waals surface area contributed by atoms with Crippen LogP contribution >= 0.6 is 34.2 Å². The molecule has 2 N–H and O–H groups in total. The van der Waals surface area contributed by atoms with Crippen LogP contribution in [0.4, 0.5) is 18.9 Å². The zero-order valence-corrected chi connectivity index (χ0v) is 11.6. The molecule has 0 aromatic heterocycles. The summed E-state index contributed by atoms with van der Waals surface area (Å²) in [4.78, 5) is 3.84. The van der Waals surface area contributed by atoms with E-state index in [1.165, 1.54) is 0 Å². The highest BCUT2D eigenvalue weighted by Crippen LogP contribution is 2.35. The number of hydrogen-bond donors (Lipinski definition) is 1. The maximum absolute atomic E-state index is 12.6. The molecular weight excluding hydrogens is 381 g/mol. The summed E-state index contributed by atoms with van der Waals surface area (Å²) in [5.74, 6) is -0.0343. The molecule has 0 aliphatic carbocycles.